The van der Waals surface area contributed by atoms with Gasteiger partial charge in [-0.2, -0.15) is 0 Å². The maximum absolute atomic E-state index is 9.87. The largest absolute Gasteiger partial charge is 0.508 e. The number of fused-ring (bicyclic) bond motifs is 1. The lowest BCUT2D eigenvalue weighted by atomic mass is 9.94. The van der Waals surface area contributed by atoms with Gasteiger partial charge < -0.3 is 10.2 Å². The molecule has 0 saturated carbocycles. The van der Waals surface area contributed by atoms with Crippen LogP contribution in [0, 0.1) is 0 Å². The Morgan fingerprint density at radius 2 is 1.53 bits per heavy atom. The monoisotopic (exact) mass is 202 g/mol. The molecular formula is C13H14O2. The van der Waals surface area contributed by atoms with Crippen LogP contribution < -0.4 is 0 Å². The van der Waals surface area contributed by atoms with Gasteiger partial charge in [-0.25, -0.2) is 0 Å². The Hall–Kier alpha value is -1.54. The summed E-state index contributed by atoms with van der Waals surface area (Å²) in [6.07, 6.45) is 0. The number of benzene rings is 2. The molecule has 0 amide bonds. The minimum atomic E-state index is -1.02. The molecule has 0 unspecified atom stereocenters. The summed E-state index contributed by atoms with van der Waals surface area (Å²) in [5.41, 5.74) is -0.463. The highest BCUT2D eigenvalue weighted by molar-refractivity contribution is 5.85. The highest BCUT2D eigenvalue weighted by atomic mass is 16.3. The predicted molar refractivity (Wildman–Crippen MR) is 60.9 cm³/mol. The molecule has 2 aromatic carbocycles. The van der Waals surface area contributed by atoms with E-state index in [9.17, 15) is 10.2 Å². The van der Waals surface area contributed by atoms with Gasteiger partial charge in [0.15, 0.2) is 0 Å². The summed E-state index contributed by atoms with van der Waals surface area (Å²) in [6, 6.07) is 11.3. The molecule has 0 atom stereocenters. The second-order valence-electron chi connectivity index (χ2n) is 4.28. The van der Waals surface area contributed by atoms with Crippen molar-refractivity contribution in [2.45, 2.75) is 19.4 Å². The van der Waals surface area contributed by atoms with Crippen LogP contribution in [0.15, 0.2) is 36.4 Å². The molecule has 0 radical (unpaired) electrons. The maximum atomic E-state index is 9.87. The molecule has 78 valence electrons. The van der Waals surface area contributed by atoms with Gasteiger partial charge in [0, 0.05) is 5.56 Å². The van der Waals surface area contributed by atoms with Crippen LogP contribution in [-0.2, 0) is 5.60 Å². The zero-order valence-corrected chi connectivity index (χ0v) is 8.86. The Morgan fingerprint density at radius 1 is 1.00 bits per heavy atom. The Balaban J connectivity index is 2.73. The number of phenols is 1. The van der Waals surface area contributed by atoms with Crippen LogP contribution in [0.2, 0.25) is 0 Å². The van der Waals surface area contributed by atoms with Gasteiger partial charge in [0.25, 0.3) is 0 Å². The topological polar surface area (TPSA) is 40.5 Å². The molecule has 2 N–H and O–H groups in total. The Bertz CT molecular complexity index is 495. The van der Waals surface area contributed by atoms with E-state index in [1.165, 1.54) is 0 Å². The maximum Gasteiger partial charge on any atom is 0.122 e. The minimum absolute atomic E-state index is 0.140. The third-order valence-corrected chi connectivity index (χ3v) is 2.52. The second-order valence-corrected chi connectivity index (χ2v) is 4.28. The van der Waals surface area contributed by atoms with Crippen LogP contribution >= 0.6 is 0 Å². The van der Waals surface area contributed by atoms with Gasteiger partial charge in [0.05, 0.1) is 5.60 Å². The summed E-state index contributed by atoms with van der Waals surface area (Å²) in [4.78, 5) is 0. The van der Waals surface area contributed by atoms with Gasteiger partial charge in [0.2, 0.25) is 0 Å². The first-order chi connectivity index (χ1) is 6.98. The molecule has 15 heavy (non-hydrogen) atoms. The first kappa shape index (κ1) is 9.99. The van der Waals surface area contributed by atoms with E-state index < -0.39 is 5.60 Å². The van der Waals surface area contributed by atoms with Crippen LogP contribution in [-0.4, -0.2) is 10.2 Å². The zero-order chi connectivity index (χ0) is 11.1. The van der Waals surface area contributed by atoms with Crippen LogP contribution in [0.1, 0.15) is 19.4 Å². The number of aromatic hydroxyl groups is 1. The fraction of sp³-hybridized carbons (Fsp3) is 0.231. The average molecular weight is 202 g/mol. The highest BCUT2D eigenvalue weighted by Crippen LogP contribution is 2.32. The second kappa shape index (κ2) is 3.24. The minimum Gasteiger partial charge on any atom is -0.508 e. The van der Waals surface area contributed by atoms with Crippen LogP contribution in [0.25, 0.3) is 10.8 Å². The van der Waals surface area contributed by atoms with E-state index in [0.717, 1.165) is 10.8 Å². The predicted octanol–water partition coefficient (Wildman–Crippen LogP) is 2.77. The van der Waals surface area contributed by atoms with E-state index in [1.54, 1.807) is 19.9 Å². The zero-order valence-electron chi connectivity index (χ0n) is 8.86. The van der Waals surface area contributed by atoms with Crippen LogP contribution in [0.5, 0.6) is 5.75 Å². The lowest BCUT2D eigenvalue weighted by molar-refractivity contribution is 0.0760. The number of rotatable bonds is 1. The highest BCUT2D eigenvalue weighted by Gasteiger charge is 2.20. The molecule has 0 aromatic heterocycles. The van der Waals surface area contributed by atoms with Crippen molar-refractivity contribution in [1.82, 2.24) is 0 Å². The molecule has 2 aromatic rings. The first-order valence-corrected chi connectivity index (χ1v) is 4.93. The van der Waals surface area contributed by atoms with Crippen molar-refractivity contribution in [2.75, 3.05) is 0 Å². The molecule has 0 aliphatic rings. The third-order valence-electron chi connectivity index (χ3n) is 2.52. The normalized spacial score (nSPS) is 11.9. The molecule has 0 saturated heterocycles. The van der Waals surface area contributed by atoms with Crippen molar-refractivity contribution in [3.63, 3.8) is 0 Å². The number of hydrogen-bond donors (Lipinski definition) is 2. The molecular weight excluding hydrogens is 188 g/mol. The number of aliphatic hydroxyl groups is 1. The standard InChI is InChI=1S/C13H14O2/c1-13(2,15)11-7-9-5-3-4-6-10(9)8-12(11)14/h3-8,14-15H,1-2H3. The quantitative estimate of drug-likeness (QED) is 0.746. The molecule has 0 bridgehead atoms. The van der Waals surface area contributed by atoms with E-state index in [1.807, 2.05) is 30.3 Å². The van der Waals surface area contributed by atoms with Crippen molar-refractivity contribution >= 4 is 10.8 Å². The van der Waals surface area contributed by atoms with Crippen LogP contribution in [0.4, 0.5) is 0 Å². The van der Waals surface area contributed by atoms with E-state index in [-0.39, 0.29) is 5.75 Å². The van der Waals surface area contributed by atoms with E-state index in [4.69, 9.17) is 0 Å². The smallest absolute Gasteiger partial charge is 0.122 e. The van der Waals surface area contributed by atoms with Crippen molar-refractivity contribution in [3.05, 3.63) is 42.0 Å². The summed E-state index contributed by atoms with van der Waals surface area (Å²) < 4.78 is 0. The SMILES string of the molecule is CC(C)(O)c1cc2ccccc2cc1O. The average Bonchev–Trinajstić information content (AvgIpc) is 2.15. The van der Waals surface area contributed by atoms with Crippen molar-refractivity contribution in [1.29, 1.82) is 0 Å². The number of hydrogen-bond acceptors (Lipinski definition) is 2. The van der Waals surface area contributed by atoms with Crippen LogP contribution in [0.3, 0.4) is 0 Å². The van der Waals surface area contributed by atoms with E-state index >= 15 is 0 Å². The summed E-state index contributed by atoms with van der Waals surface area (Å²) in [5.74, 6) is 0.140. The molecule has 0 fully saturated rings. The Morgan fingerprint density at radius 3 is 2.07 bits per heavy atom. The first-order valence-electron chi connectivity index (χ1n) is 4.93. The summed E-state index contributed by atoms with van der Waals surface area (Å²) in [5, 5.41) is 21.6. The third kappa shape index (κ3) is 1.81. The lowest BCUT2D eigenvalue weighted by Crippen LogP contribution is -2.15. The van der Waals surface area contributed by atoms with Gasteiger partial charge in [0.1, 0.15) is 5.75 Å². The van der Waals surface area contributed by atoms with E-state index in [2.05, 4.69) is 0 Å². The molecule has 2 rings (SSSR count). The molecule has 0 aliphatic carbocycles. The molecule has 2 heteroatoms. The molecule has 0 spiro atoms. The van der Waals surface area contributed by atoms with Crippen molar-refractivity contribution in [3.8, 4) is 5.75 Å². The van der Waals surface area contributed by atoms with Gasteiger partial charge in [-0.15, -0.1) is 0 Å². The van der Waals surface area contributed by atoms with Gasteiger partial charge in [-0.05, 0) is 36.8 Å². The van der Waals surface area contributed by atoms with Gasteiger partial charge in [-0.1, -0.05) is 24.3 Å². The molecule has 2 nitrogen and oxygen atoms in total. The summed E-state index contributed by atoms with van der Waals surface area (Å²) in [7, 11) is 0. The Kier molecular flexibility index (Phi) is 2.16. The van der Waals surface area contributed by atoms with Gasteiger partial charge in [-0.3, -0.25) is 0 Å². The molecule has 0 aliphatic heterocycles. The fourth-order valence-corrected chi connectivity index (χ4v) is 1.72. The molecule has 0 heterocycles. The lowest BCUT2D eigenvalue weighted by Gasteiger charge is -2.19. The fourth-order valence-electron chi connectivity index (χ4n) is 1.72. The van der Waals surface area contributed by atoms with E-state index in [0.29, 0.717) is 5.56 Å². The Labute approximate surface area is 88.8 Å². The number of phenolic OH excluding ortho intramolecular Hbond substituents is 1. The summed E-state index contributed by atoms with van der Waals surface area (Å²) >= 11 is 0. The summed E-state index contributed by atoms with van der Waals surface area (Å²) in [6.45, 7) is 3.33. The van der Waals surface area contributed by atoms with Gasteiger partial charge >= 0.3 is 0 Å². The van der Waals surface area contributed by atoms with Crippen molar-refractivity contribution < 1.29 is 10.2 Å². The van der Waals surface area contributed by atoms with Crippen molar-refractivity contribution in [2.24, 2.45) is 0 Å².